The van der Waals surface area contributed by atoms with Crippen LogP contribution in [-0.4, -0.2) is 21.1 Å². The number of hydrogen-bond donors (Lipinski definition) is 2. The summed E-state index contributed by atoms with van der Waals surface area (Å²) >= 11 is 0. The summed E-state index contributed by atoms with van der Waals surface area (Å²) in [5.74, 6) is 1.05. The molecule has 0 aliphatic carbocycles. The van der Waals surface area contributed by atoms with E-state index in [1.54, 1.807) is 6.20 Å². The first-order valence-corrected chi connectivity index (χ1v) is 5.27. The standard InChI is InChI=1S/C11H19N3O/c1-7(2)11-12-5-9(13-8(3)4)10(6-15)14-11/h5,7-8,13,15H,6H2,1-4H3. The molecule has 0 unspecified atom stereocenters. The van der Waals surface area contributed by atoms with Gasteiger partial charge in [0, 0.05) is 12.0 Å². The Hall–Kier alpha value is -1.16. The number of aromatic nitrogens is 2. The fourth-order valence-corrected chi connectivity index (χ4v) is 1.26. The van der Waals surface area contributed by atoms with Crippen molar-refractivity contribution in [2.75, 3.05) is 5.32 Å². The Morgan fingerprint density at radius 2 is 2.00 bits per heavy atom. The summed E-state index contributed by atoms with van der Waals surface area (Å²) < 4.78 is 0. The van der Waals surface area contributed by atoms with E-state index in [4.69, 9.17) is 0 Å². The number of aliphatic hydroxyl groups excluding tert-OH is 1. The molecule has 4 heteroatoms. The van der Waals surface area contributed by atoms with Gasteiger partial charge in [-0.1, -0.05) is 13.8 Å². The summed E-state index contributed by atoms with van der Waals surface area (Å²) in [6.45, 7) is 8.09. The smallest absolute Gasteiger partial charge is 0.131 e. The van der Waals surface area contributed by atoms with E-state index in [1.807, 2.05) is 27.7 Å². The summed E-state index contributed by atoms with van der Waals surface area (Å²) in [5, 5.41) is 12.4. The van der Waals surface area contributed by atoms with Gasteiger partial charge in [-0.2, -0.15) is 0 Å². The van der Waals surface area contributed by atoms with Crippen molar-refractivity contribution in [1.29, 1.82) is 0 Å². The van der Waals surface area contributed by atoms with Gasteiger partial charge in [0.2, 0.25) is 0 Å². The predicted octanol–water partition coefficient (Wildman–Crippen LogP) is 1.91. The molecule has 0 saturated heterocycles. The lowest BCUT2D eigenvalue weighted by atomic mass is 10.2. The molecule has 0 saturated carbocycles. The van der Waals surface area contributed by atoms with Crippen LogP contribution in [0.5, 0.6) is 0 Å². The Kier molecular flexibility index (Phi) is 4.03. The number of aliphatic hydroxyl groups is 1. The molecule has 0 aliphatic heterocycles. The first-order valence-electron chi connectivity index (χ1n) is 5.27. The van der Waals surface area contributed by atoms with Gasteiger partial charge < -0.3 is 10.4 Å². The van der Waals surface area contributed by atoms with Gasteiger partial charge >= 0.3 is 0 Å². The van der Waals surface area contributed by atoms with Crippen LogP contribution in [0.1, 0.15) is 45.1 Å². The van der Waals surface area contributed by atoms with Crippen LogP contribution in [0, 0.1) is 0 Å². The van der Waals surface area contributed by atoms with Gasteiger partial charge in [-0.05, 0) is 13.8 Å². The van der Waals surface area contributed by atoms with Gasteiger partial charge in [0.1, 0.15) is 5.82 Å². The minimum Gasteiger partial charge on any atom is -0.390 e. The molecule has 15 heavy (non-hydrogen) atoms. The highest BCUT2D eigenvalue weighted by Crippen LogP contribution is 2.16. The maximum absolute atomic E-state index is 9.21. The van der Waals surface area contributed by atoms with Crippen LogP contribution < -0.4 is 5.32 Å². The maximum atomic E-state index is 9.21. The van der Waals surface area contributed by atoms with Crippen molar-refractivity contribution in [3.8, 4) is 0 Å². The molecular formula is C11H19N3O. The highest BCUT2D eigenvalue weighted by Gasteiger charge is 2.09. The molecule has 0 radical (unpaired) electrons. The van der Waals surface area contributed by atoms with Gasteiger partial charge in [0.15, 0.2) is 0 Å². The fraction of sp³-hybridized carbons (Fsp3) is 0.636. The summed E-state index contributed by atoms with van der Waals surface area (Å²) in [6.07, 6.45) is 1.74. The topological polar surface area (TPSA) is 58.0 Å². The highest BCUT2D eigenvalue weighted by atomic mass is 16.3. The second kappa shape index (κ2) is 5.07. The van der Waals surface area contributed by atoms with Crippen molar-refractivity contribution in [3.63, 3.8) is 0 Å². The number of anilines is 1. The summed E-state index contributed by atoms with van der Waals surface area (Å²) in [5.41, 5.74) is 1.49. The third kappa shape index (κ3) is 3.16. The van der Waals surface area contributed by atoms with Crippen molar-refractivity contribution < 1.29 is 5.11 Å². The Balaban J connectivity index is 2.98. The molecule has 1 aromatic rings. The molecule has 1 rings (SSSR count). The molecule has 84 valence electrons. The molecular weight excluding hydrogens is 190 g/mol. The zero-order chi connectivity index (χ0) is 11.4. The van der Waals surface area contributed by atoms with Crippen molar-refractivity contribution in [3.05, 3.63) is 17.7 Å². The Morgan fingerprint density at radius 1 is 1.33 bits per heavy atom. The van der Waals surface area contributed by atoms with Crippen LogP contribution in [0.25, 0.3) is 0 Å². The molecule has 0 fully saturated rings. The molecule has 0 spiro atoms. The quantitative estimate of drug-likeness (QED) is 0.795. The second-order valence-corrected chi connectivity index (χ2v) is 4.20. The SMILES string of the molecule is CC(C)Nc1cnc(C(C)C)nc1CO. The molecule has 2 N–H and O–H groups in total. The maximum Gasteiger partial charge on any atom is 0.131 e. The summed E-state index contributed by atoms with van der Waals surface area (Å²) in [7, 11) is 0. The van der Waals surface area contributed by atoms with Crippen molar-refractivity contribution in [2.45, 2.75) is 46.3 Å². The van der Waals surface area contributed by atoms with Crippen LogP contribution >= 0.6 is 0 Å². The second-order valence-electron chi connectivity index (χ2n) is 4.20. The van der Waals surface area contributed by atoms with Crippen LogP contribution in [0.15, 0.2) is 6.20 Å². The zero-order valence-electron chi connectivity index (χ0n) is 9.78. The van der Waals surface area contributed by atoms with Gasteiger partial charge in [-0.25, -0.2) is 9.97 Å². The van der Waals surface area contributed by atoms with E-state index in [2.05, 4.69) is 15.3 Å². The molecule has 1 heterocycles. The largest absolute Gasteiger partial charge is 0.390 e. The third-order valence-corrected chi connectivity index (χ3v) is 2.00. The Bertz CT molecular complexity index is 324. The van der Waals surface area contributed by atoms with E-state index in [0.717, 1.165) is 11.5 Å². The Morgan fingerprint density at radius 3 is 2.47 bits per heavy atom. The molecule has 4 nitrogen and oxygen atoms in total. The van der Waals surface area contributed by atoms with Gasteiger partial charge in [0.05, 0.1) is 24.2 Å². The average molecular weight is 209 g/mol. The molecule has 0 bridgehead atoms. The van der Waals surface area contributed by atoms with E-state index in [0.29, 0.717) is 11.7 Å². The number of hydrogen-bond acceptors (Lipinski definition) is 4. The first-order chi connectivity index (χ1) is 7.04. The summed E-state index contributed by atoms with van der Waals surface area (Å²) in [6, 6.07) is 0.309. The number of rotatable bonds is 4. The van der Waals surface area contributed by atoms with Crippen molar-refractivity contribution in [2.24, 2.45) is 0 Å². The van der Waals surface area contributed by atoms with Gasteiger partial charge in [0.25, 0.3) is 0 Å². The summed E-state index contributed by atoms with van der Waals surface area (Å²) in [4.78, 5) is 8.58. The lowest BCUT2D eigenvalue weighted by Crippen LogP contribution is -2.14. The van der Waals surface area contributed by atoms with Gasteiger partial charge in [-0.3, -0.25) is 0 Å². The first kappa shape index (κ1) is 11.9. The van der Waals surface area contributed by atoms with Crippen LogP contribution in [0.3, 0.4) is 0 Å². The van der Waals surface area contributed by atoms with Crippen LogP contribution in [0.2, 0.25) is 0 Å². The van der Waals surface area contributed by atoms with E-state index in [9.17, 15) is 5.11 Å². The van der Waals surface area contributed by atoms with E-state index >= 15 is 0 Å². The molecule has 0 atom stereocenters. The van der Waals surface area contributed by atoms with E-state index in [-0.39, 0.29) is 12.5 Å². The van der Waals surface area contributed by atoms with Crippen molar-refractivity contribution >= 4 is 5.69 Å². The van der Waals surface area contributed by atoms with E-state index < -0.39 is 0 Å². The van der Waals surface area contributed by atoms with Crippen molar-refractivity contribution in [1.82, 2.24) is 9.97 Å². The zero-order valence-corrected chi connectivity index (χ0v) is 9.78. The Labute approximate surface area is 90.8 Å². The molecule has 0 aromatic carbocycles. The van der Waals surface area contributed by atoms with Gasteiger partial charge in [-0.15, -0.1) is 0 Å². The minimum atomic E-state index is -0.0582. The predicted molar refractivity (Wildman–Crippen MR) is 60.8 cm³/mol. The monoisotopic (exact) mass is 209 g/mol. The number of nitrogens with zero attached hydrogens (tertiary/aromatic N) is 2. The highest BCUT2D eigenvalue weighted by molar-refractivity contribution is 5.46. The fourth-order valence-electron chi connectivity index (χ4n) is 1.26. The lowest BCUT2D eigenvalue weighted by Gasteiger charge is -2.14. The van der Waals surface area contributed by atoms with E-state index in [1.165, 1.54) is 0 Å². The van der Waals surface area contributed by atoms with Crippen LogP contribution in [0.4, 0.5) is 5.69 Å². The average Bonchev–Trinajstić information content (AvgIpc) is 2.17. The number of nitrogens with one attached hydrogen (secondary N) is 1. The third-order valence-electron chi connectivity index (χ3n) is 2.00. The normalized spacial score (nSPS) is 11.1. The molecule has 0 amide bonds. The lowest BCUT2D eigenvalue weighted by molar-refractivity contribution is 0.276. The minimum absolute atomic E-state index is 0.0582. The van der Waals surface area contributed by atoms with Crippen LogP contribution in [-0.2, 0) is 6.61 Å². The molecule has 0 aliphatic rings. The molecule has 1 aromatic heterocycles.